The van der Waals surface area contributed by atoms with Crippen LogP contribution in [0.4, 0.5) is 10.5 Å². The molecule has 2 aromatic rings. The molecular weight excluding hydrogens is 200 g/mol. The van der Waals surface area contributed by atoms with E-state index in [2.05, 4.69) is 4.37 Å². The molecule has 0 bridgehead atoms. The SMILES string of the molecule is CN(C(=O)O)c1cccc2csnc12. The Hall–Kier alpha value is -1.62. The molecule has 0 unspecified atom stereocenters. The van der Waals surface area contributed by atoms with Crippen molar-refractivity contribution in [1.29, 1.82) is 0 Å². The maximum atomic E-state index is 10.8. The largest absolute Gasteiger partial charge is 0.465 e. The van der Waals surface area contributed by atoms with Gasteiger partial charge in [-0.3, -0.25) is 4.90 Å². The van der Waals surface area contributed by atoms with E-state index in [1.807, 2.05) is 17.5 Å². The van der Waals surface area contributed by atoms with Gasteiger partial charge in [-0.15, -0.1) is 0 Å². The first-order valence-corrected chi connectivity index (χ1v) is 4.83. The number of amides is 1. The Bertz CT molecular complexity index is 480. The van der Waals surface area contributed by atoms with Crippen molar-refractivity contribution in [2.24, 2.45) is 0 Å². The first-order valence-electron chi connectivity index (χ1n) is 4.00. The fourth-order valence-corrected chi connectivity index (χ4v) is 1.91. The van der Waals surface area contributed by atoms with E-state index in [0.717, 1.165) is 10.9 Å². The van der Waals surface area contributed by atoms with Crippen LogP contribution in [0.3, 0.4) is 0 Å². The highest BCUT2D eigenvalue weighted by molar-refractivity contribution is 7.04. The van der Waals surface area contributed by atoms with Gasteiger partial charge >= 0.3 is 6.09 Å². The summed E-state index contributed by atoms with van der Waals surface area (Å²) in [6.07, 6.45) is -0.981. The van der Waals surface area contributed by atoms with Crippen molar-refractivity contribution in [3.8, 4) is 0 Å². The Balaban J connectivity index is 2.61. The summed E-state index contributed by atoms with van der Waals surface area (Å²) in [5.41, 5.74) is 1.36. The number of carbonyl (C=O) groups is 1. The molecule has 0 spiro atoms. The molecule has 0 aliphatic carbocycles. The minimum atomic E-state index is -0.981. The van der Waals surface area contributed by atoms with Gasteiger partial charge in [-0.2, -0.15) is 4.37 Å². The molecule has 0 aliphatic rings. The normalized spacial score (nSPS) is 10.4. The van der Waals surface area contributed by atoms with Gasteiger partial charge in [0, 0.05) is 17.8 Å². The van der Waals surface area contributed by atoms with Crippen molar-refractivity contribution < 1.29 is 9.90 Å². The molecule has 0 saturated carbocycles. The molecule has 1 aromatic heterocycles. The molecule has 1 aromatic carbocycles. The first kappa shape index (κ1) is 8.96. The molecule has 0 radical (unpaired) electrons. The summed E-state index contributed by atoms with van der Waals surface area (Å²) in [6.45, 7) is 0. The predicted molar refractivity (Wildman–Crippen MR) is 56.0 cm³/mol. The maximum Gasteiger partial charge on any atom is 0.411 e. The van der Waals surface area contributed by atoms with Crippen LogP contribution in [0.5, 0.6) is 0 Å². The van der Waals surface area contributed by atoms with Gasteiger partial charge in [-0.1, -0.05) is 12.1 Å². The highest BCUT2D eigenvalue weighted by atomic mass is 32.1. The molecule has 2 rings (SSSR count). The van der Waals surface area contributed by atoms with Gasteiger partial charge in [-0.05, 0) is 17.6 Å². The minimum absolute atomic E-state index is 0.622. The lowest BCUT2D eigenvalue weighted by molar-refractivity contribution is 0.203. The molecule has 4 nitrogen and oxygen atoms in total. The quantitative estimate of drug-likeness (QED) is 0.783. The highest BCUT2D eigenvalue weighted by Gasteiger charge is 2.12. The summed E-state index contributed by atoms with van der Waals surface area (Å²) >= 11 is 1.33. The number of nitrogens with zero attached hydrogens (tertiary/aromatic N) is 2. The number of hydrogen-bond donors (Lipinski definition) is 1. The van der Waals surface area contributed by atoms with Crippen LogP contribution in [0, 0.1) is 0 Å². The van der Waals surface area contributed by atoms with Crippen molar-refractivity contribution in [3.05, 3.63) is 23.6 Å². The molecule has 72 valence electrons. The zero-order valence-corrected chi connectivity index (χ0v) is 8.28. The van der Waals surface area contributed by atoms with Crippen LogP contribution in [-0.4, -0.2) is 22.6 Å². The molecule has 0 saturated heterocycles. The molecule has 1 heterocycles. The number of anilines is 1. The second-order valence-electron chi connectivity index (χ2n) is 2.87. The molecule has 1 N–H and O–H groups in total. The van der Waals surface area contributed by atoms with Crippen LogP contribution in [0.2, 0.25) is 0 Å². The Morgan fingerprint density at radius 3 is 3.07 bits per heavy atom. The van der Waals surface area contributed by atoms with Crippen LogP contribution in [-0.2, 0) is 0 Å². The van der Waals surface area contributed by atoms with Crippen molar-refractivity contribution in [3.63, 3.8) is 0 Å². The summed E-state index contributed by atoms with van der Waals surface area (Å²) in [6, 6.07) is 5.49. The lowest BCUT2D eigenvalue weighted by Gasteiger charge is -2.12. The second kappa shape index (κ2) is 3.26. The van der Waals surface area contributed by atoms with E-state index >= 15 is 0 Å². The third kappa shape index (κ3) is 1.31. The lowest BCUT2D eigenvalue weighted by Crippen LogP contribution is -2.23. The van der Waals surface area contributed by atoms with Crippen LogP contribution >= 0.6 is 11.5 Å². The summed E-state index contributed by atoms with van der Waals surface area (Å²) in [4.78, 5) is 11.9. The van der Waals surface area contributed by atoms with Crippen LogP contribution in [0.15, 0.2) is 23.6 Å². The summed E-state index contributed by atoms with van der Waals surface area (Å²) < 4.78 is 4.16. The van der Waals surface area contributed by atoms with Gasteiger partial charge in [0.2, 0.25) is 0 Å². The monoisotopic (exact) mass is 208 g/mol. The van der Waals surface area contributed by atoms with Gasteiger partial charge in [0.05, 0.1) is 5.69 Å². The summed E-state index contributed by atoms with van der Waals surface area (Å²) in [5, 5.41) is 11.7. The molecule has 5 heteroatoms. The van der Waals surface area contributed by atoms with E-state index < -0.39 is 6.09 Å². The van der Waals surface area contributed by atoms with Gasteiger partial charge in [0.25, 0.3) is 0 Å². The summed E-state index contributed by atoms with van der Waals surface area (Å²) in [5.74, 6) is 0. The van der Waals surface area contributed by atoms with Crippen LogP contribution < -0.4 is 4.90 Å². The predicted octanol–water partition coefficient (Wildman–Crippen LogP) is 2.41. The van der Waals surface area contributed by atoms with Crippen LogP contribution in [0.25, 0.3) is 10.9 Å². The average molecular weight is 208 g/mol. The zero-order chi connectivity index (χ0) is 10.1. The smallest absolute Gasteiger partial charge is 0.411 e. The molecule has 0 fully saturated rings. The number of fused-ring (bicyclic) bond motifs is 1. The molecule has 0 aliphatic heterocycles. The van der Waals surface area contributed by atoms with E-state index in [9.17, 15) is 4.79 Å². The van der Waals surface area contributed by atoms with Crippen LogP contribution in [0.1, 0.15) is 0 Å². The van der Waals surface area contributed by atoms with Crippen molar-refractivity contribution in [2.45, 2.75) is 0 Å². The Morgan fingerprint density at radius 2 is 2.36 bits per heavy atom. The third-order valence-corrected chi connectivity index (χ3v) is 2.67. The van der Waals surface area contributed by atoms with E-state index in [4.69, 9.17) is 5.11 Å². The minimum Gasteiger partial charge on any atom is -0.465 e. The Labute approximate surface area is 84.6 Å². The van der Waals surface area contributed by atoms with E-state index in [0.29, 0.717) is 5.69 Å². The fourth-order valence-electron chi connectivity index (χ4n) is 1.25. The number of hydrogen-bond acceptors (Lipinski definition) is 3. The average Bonchev–Trinajstić information content (AvgIpc) is 2.63. The fraction of sp³-hybridized carbons (Fsp3) is 0.111. The van der Waals surface area contributed by atoms with Gasteiger partial charge in [0.1, 0.15) is 5.52 Å². The topological polar surface area (TPSA) is 53.4 Å². The Morgan fingerprint density at radius 1 is 1.57 bits per heavy atom. The first-order chi connectivity index (χ1) is 6.70. The van der Waals surface area contributed by atoms with E-state index in [1.165, 1.54) is 23.5 Å². The summed E-state index contributed by atoms with van der Waals surface area (Å²) in [7, 11) is 1.51. The van der Waals surface area contributed by atoms with Crippen molar-refractivity contribution >= 4 is 34.2 Å². The molecular formula is C9H8N2O2S. The number of carboxylic acid groups (broad SMARTS) is 1. The number of rotatable bonds is 1. The van der Waals surface area contributed by atoms with Gasteiger partial charge < -0.3 is 5.11 Å². The molecule has 0 atom stereocenters. The number of benzene rings is 1. The van der Waals surface area contributed by atoms with E-state index in [-0.39, 0.29) is 0 Å². The number of aromatic nitrogens is 1. The van der Waals surface area contributed by atoms with Gasteiger partial charge in [-0.25, -0.2) is 4.79 Å². The van der Waals surface area contributed by atoms with E-state index in [1.54, 1.807) is 6.07 Å². The standard InChI is InChI=1S/C9H8N2O2S/c1-11(9(12)13)7-4-2-3-6-5-14-10-8(6)7/h2-5H,1H3,(H,12,13). The van der Waals surface area contributed by atoms with Gasteiger partial charge in [0.15, 0.2) is 0 Å². The molecule has 1 amide bonds. The molecule has 14 heavy (non-hydrogen) atoms. The lowest BCUT2D eigenvalue weighted by atomic mass is 10.2. The van der Waals surface area contributed by atoms with Crippen molar-refractivity contribution in [2.75, 3.05) is 11.9 Å². The highest BCUT2D eigenvalue weighted by Crippen LogP contribution is 2.25. The second-order valence-corrected chi connectivity index (χ2v) is 3.50. The zero-order valence-electron chi connectivity index (χ0n) is 7.47. The maximum absolute atomic E-state index is 10.8. The van der Waals surface area contributed by atoms with Crippen molar-refractivity contribution in [1.82, 2.24) is 4.37 Å². The third-order valence-electron chi connectivity index (χ3n) is 2.02. The Kier molecular flexibility index (Phi) is 2.09.